The molecule has 0 fully saturated rings. The lowest BCUT2D eigenvalue weighted by atomic mass is 10.1. The number of rotatable bonds is 9. The van der Waals surface area contributed by atoms with Crippen molar-refractivity contribution in [3.63, 3.8) is 0 Å². The van der Waals surface area contributed by atoms with E-state index >= 15 is 0 Å². The summed E-state index contributed by atoms with van der Waals surface area (Å²) in [5.74, 6) is 1.11. The van der Waals surface area contributed by atoms with Crippen LogP contribution >= 0.6 is 23.2 Å². The molecule has 0 aromatic heterocycles. The average Bonchev–Trinajstić information content (AvgIpc) is 2.81. The molecule has 1 atom stereocenters. The summed E-state index contributed by atoms with van der Waals surface area (Å²) in [6.45, 7) is 5.60. The quantitative estimate of drug-likeness (QED) is 0.569. The van der Waals surface area contributed by atoms with Crippen LogP contribution < -0.4 is 14.8 Å². The van der Waals surface area contributed by atoms with Gasteiger partial charge < -0.3 is 19.7 Å². The minimum atomic E-state index is -0.622. The molecule has 3 rings (SSSR count). The highest BCUT2D eigenvalue weighted by molar-refractivity contribution is 6.42. The van der Waals surface area contributed by atoms with Crippen molar-refractivity contribution in [3.05, 3.63) is 57.6 Å². The van der Waals surface area contributed by atoms with Crippen LogP contribution in [0, 0.1) is 0 Å². The maximum Gasteiger partial charge on any atom is 0.242 e. The highest BCUT2D eigenvalue weighted by Gasteiger charge is 2.26. The van der Waals surface area contributed by atoms with Crippen molar-refractivity contribution in [2.24, 2.45) is 0 Å². The Labute approximate surface area is 198 Å². The predicted octanol–water partition coefficient (Wildman–Crippen LogP) is 4.64. The van der Waals surface area contributed by atoms with Crippen molar-refractivity contribution in [3.8, 4) is 11.5 Å². The van der Waals surface area contributed by atoms with Crippen molar-refractivity contribution in [1.82, 2.24) is 10.2 Å². The Hall–Kier alpha value is -2.44. The van der Waals surface area contributed by atoms with E-state index in [2.05, 4.69) is 5.32 Å². The maximum absolute atomic E-state index is 13.2. The van der Waals surface area contributed by atoms with Gasteiger partial charge in [0.1, 0.15) is 19.3 Å². The number of amides is 2. The van der Waals surface area contributed by atoms with E-state index in [-0.39, 0.29) is 24.8 Å². The van der Waals surface area contributed by atoms with Gasteiger partial charge in [-0.1, -0.05) is 42.3 Å². The first-order valence-electron chi connectivity index (χ1n) is 10.8. The number of fused-ring (bicyclic) bond motifs is 1. The fourth-order valence-corrected chi connectivity index (χ4v) is 3.77. The second-order valence-electron chi connectivity index (χ2n) is 7.72. The number of hydrogen-bond acceptors (Lipinski definition) is 4. The minimum absolute atomic E-state index is 0.120. The van der Waals surface area contributed by atoms with E-state index in [1.165, 1.54) is 0 Å². The van der Waals surface area contributed by atoms with Crippen molar-refractivity contribution < 1.29 is 19.1 Å². The summed E-state index contributed by atoms with van der Waals surface area (Å²) >= 11 is 12.2. The molecule has 6 nitrogen and oxygen atoms in total. The van der Waals surface area contributed by atoms with Crippen LogP contribution in [0.1, 0.15) is 37.8 Å². The number of halogens is 2. The van der Waals surface area contributed by atoms with E-state index < -0.39 is 6.04 Å². The van der Waals surface area contributed by atoms with E-state index in [0.29, 0.717) is 47.7 Å². The summed E-state index contributed by atoms with van der Waals surface area (Å²) in [7, 11) is 0. The van der Waals surface area contributed by atoms with Crippen molar-refractivity contribution in [1.29, 1.82) is 0 Å². The molecule has 1 N–H and O–H groups in total. The number of carbonyl (C=O) groups is 2. The summed E-state index contributed by atoms with van der Waals surface area (Å²) < 4.78 is 11.2. The molecule has 0 aliphatic carbocycles. The van der Waals surface area contributed by atoms with Gasteiger partial charge in [-0.2, -0.15) is 0 Å². The number of nitrogens with zero attached hydrogens (tertiary/aromatic N) is 1. The van der Waals surface area contributed by atoms with E-state index in [4.69, 9.17) is 32.7 Å². The highest BCUT2D eigenvalue weighted by Crippen LogP contribution is 2.31. The molecule has 0 radical (unpaired) electrons. The smallest absolute Gasteiger partial charge is 0.242 e. The molecule has 1 heterocycles. The number of hydrogen-bond donors (Lipinski definition) is 1. The molecule has 0 saturated heterocycles. The van der Waals surface area contributed by atoms with Gasteiger partial charge in [-0.3, -0.25) is 9.59 Å². The van der Waals surface area contributed by atoms with Crippen molar-refractivity contribution in [2.45, 2.75) is 45.7 Å². The van der Waals surface area contributed by atoms with Crippen LogP contribution in [0.15, 0.2) is 36.4 Å². The Bertz CT molecular complexity index is 967. The summed E-state index contributed by atoms with van der Waals surface area (Å²) in [4.78, 5) is 27.4. The fraction of sp³-hybridized carbons (Fsp3) is 0.417. The van der Waals surface area contributed by atoms with E-state index in [0.717, 1.165) is 17.5 Å². The second-order valence-corrected chi connectivity index (χ2v) is 8.53. The van der Waals surface area contributed by atoms with Crippen LogP contribution in [0.2, 0.25) is 10.0 Å². The Morgan fingerprint density at radius 3 is 2.47 bits per heavy atom. The largest absolute Gasteiger partial charge is 0.486 e. The van der Waals surface area contributed by atoms with Crippen molar-refractivity contribution >= 4 is 35.0 Å². The third-order valence-corrected chi connectivity index (χ3v) is 6.03. The van der Waals surface area contributed by atoms with Gasteiger partial charge in [-0.25, -0.2) is 0 Å². The molecule has 2 amide bonds. The second kappa shape index (κ2) is 11.4. The van der Waals surface area contributed by atoms with Gasteiger partial charge in [0, 0.05) is 19.5 Å². The van der Waals surface area contributed by atoms with Gasteiger partial charge in [0.2, 0.25) is 11.8 Å². The fourth-order valence-electron chi connectivity index (χ4n) is 3.45. The SMILES string of the molecule is CCCNC(=O)C(C)N(Cc1ccc(Cl)c(Cl)c1)C(=O)CCc1ccc2c(c1)OCCO2. The third kappa shape index (κ3) is 6.30. The Morgan fingerprint density at radius 1 is 1.03 bits per heavy atom. The molecule has 8 heteroatoms. The third-order valence-electron chi connectivity index (χ3n) is 5.29. The molecule has 2 aromatic rings. The van der Waals surface area contributed by atoms with E-state index in [9.17, 15) is 9.59 Å². The lowest BCUT2D eigenvalue weighted by Gasteiger charge is -2.29. The first-order valence-corrected chi connectivity index (χ1v) is 11.5. The summed E-state index contributed by atoms with van der Waals surface area (Å²) in [5, 5.41) is 3.73. The molecular formula is C24H28Cl2N2O4. The molecule has 172 valence electrons. The molecule has 2 aromatic carbocycles. The predicted molar refractivity (Wildman–Crippen MR) is 126 cm³/mol. The zero-order chi connectivity index (χ0) is 23.1. The van der Waals surface area contributed by atoms with Gasteiger partial charge in [-0.05, 0) is 55.2 Å². The molecule has 1 aliphatic rings. The zero-order valence-electron chi connectivity index (χ0n) is 18.3. The van der Waals surface area contributed by atoms with Gasteiger partial charge >= 0.3 is 0 Å². The van der Waals surface area contributed by atoms with E-state index in [1.54, 1.807) is 24.0 Å². The number of nitrogens with one attached hydrogen (secondary N) is 1. The Morgan fingerprint density at radius 2 is 1.75 bits per heavy atom. The minimum Gasteiger partial charge on any atom is -0.486 e. The average molecular weight is 479 g/mol. The number of benzene rings is 2. The molecule has 0 saturated carbocycles. The van der Waals surface area contributed by atoms with Gasteiger partial charge in [-0.15, -0.1) is 0 Å². The summed E-state index contributed by atoms with van der Waals surface area (Å²) in [5.41, 5.74) is 1.78. The first kappa shape index (κ1) is 24.2. The zero-order valence-corrected chi connectivity index (χ0v) is 19.8. The van der Waals surface area contributed by atoms with Gasteiger partial charge in [0.05, 0.1) is 10.0 Å². The van der Waals surface area contributed by atoms with E-state index in [1.807, 2.05) is 31.2 Å². The lowest BCUT2D eigenvalue weighted by Crippen LogP contribution is -2.47. The van der Waals surface area contributed by atoms with Crippen LogP contribution in [0.25, 0.3) is 0 Å². The van der Waals surface area contributed by atoms with Crippen LogP contribution in [-0.4, -0.2) is 42.5 Å². The van der Waals surface area contributed by atoms with Crippen LogP contribution in [0.5, 0.6) is 11.5 Å². The number of aryl methyl sites for hydroxylation is 1. The Kier molecular flexibility index (Phi) is 8.65. The van der Waals surface area contributed by atoms with Gasteiger partial charge in [0.25, 0.3) is 0 Å². The van der Waals surface area contributed by atoms with Gasteiger partial charge in [0.15, 0.2) is 11.5 Å². The van der Waals surface area contributed by atoms with Crippen LogP contribution in [-0.2, 0) is 22.6 Å². The molecule has 32 heavy (non-hydrogen) atoms. The molecule has 0 bridgehead atoms. The molecule has 0 spiro atoms. The molecule has 1 unspecified atom stereocenters. The highest BCUT2D eigenvalue weighted by atomic mass is 35.5. The number of carbonyl (C=O) groups excluding carboxylic acids is 2. The number of ether oxygens (including phenoxy) is 2. The lowest BCUT2D eigenvalue weighted by molar-refractivity contribution is -0.140. The Balaban J connectivity index is 1.72. The summed E-state index contributed by atoms with van der Waals surface area (Å²) in [6.07, 6.45) is 1.60. The topological polar surface area (TPSA) is 67.9 Å². The monoisotopic (exact) mass is 478 g/mol. The standard InChI is InChI=1S/C24H28Cl2N2O4/c1-3-10-27-24(30)16(2)28(15-18-4-7-19(25)20(26)13-18)23(29)9-6-17-5-8-21-22(14-17)32-12-11-31-21/h4-5,7-8,13-14,16H,3,6,9-12,15H2,1-2H3,(H,27,30). The molecular weight excluding hydrogens is 451 g/mol. The maximum atomic E-state index is 13.2. The van der Waals surface area contributed by atoms with Crippen LogP contribution in [0.4, 0.5) is 0 Å². The molecule has 1 aliphatic heterocycles. The summed E-state index contributed by atoms with van der Waals surface area (Å²) in [6, 6.07) is 10.3. The van der Waals surface area contributed by atoms with Crippen molar-refractivity contribution in [2.75, 3.05) is 19.8 Å². The van der Waals surface area contributed by atoms with Crippen LogP contribution in [0.3, 0.4) is 0 Å². The normalized spacial score (nSPS) is 13.4. The first-order chi connectivity index (χ1) is 15.4.